The third-order valence-corrected chi connectivity index (χ3v) is 14.6. The Bertz CT molecular complexity index is 2050. The molecule has 5 aliphatic heterocycles. The van der Waals surface area contributed by atoms with Crippen LogP contribution < -0.4 is 4.90 Å². The number of anilines is 1. The second kappa shape index (κ2) is 11.6. The molecule has 9 rings (SSSR count). The number of nitrogens with one attached hydrogen (secondary N) is 1. The highest BCUT2D eigenvalue weighted by molar-refractivity contribution is 5.89. The van der Waals surface area contributed by atoms with Gasteiger partial charge < -0.3 is 24.5 Å². The number of carbonyl (C=O) groups excluding carboxylic acids is 2. The minimum absolute atomic E-state index is 0.0159. The summed E-state index contributed by atoms with van der Waals surface area (Å²) in [6.45, 7) is 14.6. The number of para-hydroxylation sites is 1. The first-order valence-corrected chi connectivity index (χ1v) is 19.6. The number of fused-ring (bicyclic) bond motifs is 6. The molecule has 3 aromatic rings. The fourth-order valence-corrected chi connectivity index (χ4v) is 12.9. The number of H-pyrrole nitrogens is 1. The molecule has 0 amide bonds. The van der Waals surface area contributed by atoms with Crippen LogP contribution in [-0.4, -0.2) is 95.7 Å². The minimum Gasteiger partial charge on any atom is -0.458 e. The van der Waals surface area contributed by atoms with E-state index in [4.69, 9.17) is 4.74 Å². The quantitative estimate of drug-likeness (QED) is 0.193. The lowest BCUT2D eigenvalue weighted by Gasteiger charge is -2.64. The van der Waals surface area contributed by atoms with Gasteiger partial charge in [-0.05, 0) is 92.8 Å². The number of rotatable bonds is 5. The Morgan fingerprint density at radius 1 is 1.13 bits per heavy atom. The van der Waals surface area contributed by atoms with E-state index in [1.807, 2.05) is 6.92 Å². The number of nitrogens with zero attached hydrogens (tertiary/aromatic N) is 3. The van der Waals surface area contributed by atoms with Gasteiger partial charge >= 0.3 is 5.97 Å². The van der Waals surface area contributed by atoms with Gasteiger partial charge in [0.05, 0.1) is 11.5 Å². The highest BCUT2D eigenvalue weighted by Gasteiger charge is 2.76. The molecule has 1 aromatic heterocycles. The lowest BCUT2D eigenvalue weighted by Crippen LogP contribution is -2.78. The van der Waals surface area contributed by atoms with Crippen LogP contribution in [-0.2, 0) is 31.6 Å². The number of benzene rings is 2. The first kappa shape index (κ1) is 34.1. The van der Waals surface area contributed by atoms with Crippen LogP contribution in [0.2, 0.25) is 0 Å². The summed E-state index contributed by atoms with van der Waals surface area (Å²) in [5, 5.41) is 14.1. The summed E-state index contributed by atoms with van der Waals surface area (Å²) in [5.74, 6) is -0.139. The largest absolute Gasteiger partial charge is 0.458 e. The number of carbonyl (C=O) groups is 2. The van der Waals surface area contributed by atoms with Gasteiger partial charge in [0.2, 0.25) is 0 Å². The summed E-state index contributed by atoms with van der Waals surface area (Å²) in [6, 6.07) is 12.9. The van der Waals surface area contributed by atoms with Gasteiger partial charge in [-0.15, -0.1) is 0 Å². The summed E-state index contributed by atoms with van der Waals surface area (Å²) in [7, 11) is 2.11. The van der Waals surface area contributed by atoms with Crippen LogP contribution in [0.1, 0.15) is 81.3 Å². The van der Waals surface area contributed by atoms with E-state index in [-0.39, 0.29) is 24.0 Å². The van der Waals surface area contributed by atoms with E-state index in [2.05, 4.69) is 102 Å². The molecule has 274 valence electrons. The lowest BCUT2D eigenvalue weighted by atomic mass is 9.48. The zero-order valence-corrected chi connectivity index (χ0v) is 31.7. The van der Waals surface area contributed by atoms with Crippen molar-refractivity contribution >= 4 is 28.8 Å². The Morgan fingerprint density at radius 3 is 2.69 bits per heavy atom. The van der Waals surface area contributed by atoms with E-state index in [0.29, 0.717) is 6.42 Å². The first-order chi connectivity index (χ1) is 24.9. The second-order valence-electron chi connectivity index (χ2n) is 17.2. The molecule has 6 aliphatic rings. The molecule has 6 heterocycles. The zero-order valence-electron chi connectivity index (χ0n) is 31.7. The van der Waals surface area contributed by atoms with Crippen molar-refractivity contribution in [1.29, 1.82) is 0 Å². The monoisotopic (exact) mass is 702 g/mol. The first-order valence-electron chi connectivity index (χ1n) is 19.6. The Labute approximate surface area is 307 Å². The molecule has 2 N–H and O–H groups in total. The Kier molecular flexibility index (Phi) is 7.63. The van der Waals surface area contributed by atoms with Gasteiger partial charge in [-0.25, -0.2) is 0 Å². The topological polar surface area (TPSA) is 89.1 Å². The molecular weight excluding hydrogens is 649 g/mol. The van der Waals surface area contributed by atoms with Gasteiger partial charge in [-0.3, -0.25) is 14.6 Å². The smallest absolute Gasteiger partial charge is 0.303 e. The molecule has 52 heavy (non-hydrogen) atoms. The fraction of sp³-hybridized carbons (Fsp3) is 0.545. The van der Waals surface area contributed by atoms with E-state index in [1.54, 1.807) is 0 Å². The van der Waals surface area contributed by atoms with Crippen molar-refractivity contribution < 1.29 is 19.4 Å². The summed E-state index contributed by atoms with van der Waals surface area (Å²) >= 11 is 0. The summed E-state index contributed by atoms with van der Waals surface area (Å²) in [4.78, 5) is 38.4. The van der Waals surface area contributed by atoms with E-state index in [9.17, 15) is 14.7 Å². The number of hydrogen-bond donors (Lipinski definition) is 2. The lowest BCUT2D eigenvalue weighted by molar-refractivity contribution is -0.213. The number of likely N-dealkylation sites (N-methyl/N-ethyl adjacent to an activating group) is 1. The van der Waals surface area contributed by atoms with Gasteiger partial charge in [0.1, 0.15) is 18.0 Å². The van der Waals surface area contributed by atoms with E-state index in [0.717, 1.165) is 86.4 Å². The number of hydrogen-bond acceptors (Lipinski definition) is 7. The highest BCUT2D eigenvalue weighted by atomic mass is 16.6. The van der Waals surface area contributed by atoms with Crippen LogP contribution in [0.15, 0.2) is 60.2 Å². The molecule has 1 aliphatic carbocycles. The van der Waals surface area contributed by atoms with Crippen molar-refractivity contribution in [2.75, 3.05) is 44.7 Å². The maximum absolute atomic E-state index is 14.4. The van der Waals surface area contributed by atoms with Crippen LogP contribution in [0.4, 0.5) is 5.69 Å². The summed E-state index contributed by atoms with van der Waals surface area (Å²) < 4.78 is 6.23. The molecule has 9 atom stereocenters. The minimum atomic E-state index is -1.35. The number of aryl methyl sites for hydroxylation is 1. The van der Waals surface area contributed by atoms with Gasteiger partial charge in [0.15, 0.2) is 0 Å². The van der Waals surface area contributed by atoms with Gasteiger partial charge in [0, 0.05) is 79.3 Å². The number of esters is 1. The van der Waals surface area contributed by atoms with Crippen molar-refractivity contribution in [2.45, 2.75) is 101 Å². The average molecular weight is 703 g/mol. The van der Waals surface area contributed by atoms with Crippen molar-refractivity contribution in [3.05, 3.63) is 88.1 Å². The van der Waals surface area contributed by atoms with Gasteiger partial charge in [-0.2, -0.15) is 0 Å². The Hall–Kier alpha value is -3.72. The predicted octanol–water partition coefficient (Wildman–Crippen LogP) is 5.97. The van der Waals surface area contributed by atoms with Crippen molar-refractivity contribution in [3.63, 3.8) is 0 Å². The molecule has 2 unspecified atom stereocenters. The maximum Gasteiger partial charge on any atom is 0.303 e. The molecule has 8 heteroatoms. The zero-order chi connectivity index (χ0) is 36.4. The maximum atomic E-state index is 14.4. The third kappa shape index (κ3) is 4.32. The molecule has 1 spiro atoms. The highest BCUT2D eigenvalue weighted by Crippen LogP contribution is 2.67. The standard InChI is InChI=1S/C44H54N4O4/c1-7-29-21-30-23-43(26-49,37-32(14-18-47(24-29)25-30)31-12-9-10-13-35(31)45-37)33-22-34-36(20-27(33)3)46(6)38-41(5,51)40(52-28(4)50)42(8-2)15-11-17-48-19-16-44(34,38)39(42)48/h9-13,15,20-22,26,30,38-40,45,51H,7-8,14,16-19,23-25H2,1-6H3/t30-,38?,39-,40-,41-,42+,43-,44-/m0/s1. The Morgan fingerprint density at radius 2 is 1.94 bits per heavy atom. The number of aliphatic hydroxyl groups is 1. The van der Waals surface area contributed by atoms with Crippen LogP contribution in [0.5, 0.6) is 0 Å². The fourth-order valence-electron chi connectivity index (χ4n) is 12.9. The van der Waals surface area contributed by atoms with Crippen molar-refractivity contribution in [3.8, 4) is 0 Å². The number of aldehydes is 1. The normalized spacial score (nSPS) is 37.6. The number of aromatic amines is 1. The molecular formula is C44H54N4O4. The number of ether oxygens (including phenoxy) is 1. The van der Waals surface area contributed by atoms with Crippen molar-refractivity contribution in [2.24, 2.45) is 11.3 Å². The SMILES string of the molecule is CCC1=C[C@@H]2CN(CCc3c([nH]c4ccccc34)[C@@](C=O)(c3cc4c(cc3C)N(C)C3[C@](C)(O)[C@H](OC(C)=O)[C@]5(CC)C=CCN6CC[C@]43[C@@H]65)C2)C1. The molecule has 0 radical (unpaired) electrons. The van der Waals surface area contributed by atoms with Crippen LogP contribution >= 0.6 is 0 Å². The molecule has 2 fully saturated rings. The summed E-state index contributed by atoms with van der Waals surface area (Å²) in [5.41, 5.74) is 6.02. The van der Waals surface area contributed by atoms with E-state index in [1.165, 1.54) is 35.3 Å². The second-order valence-corrected chi connectivity index (χ2v) is 17.2. The van der Waals surface area contributed by atoms with Crippen molar-refractivity contribution in [1.82, 2.24) is 14.8 Å². The molecule has 2 aromatic carbocycles. The molecule has 1 saturated carbocycles. The number of aromatic nitrogens is 1. The molecule has 1 saturated heterocycles. The van der Waals surface area contributed by atoms with Crippen LogP contribution in [0.25, 0.3) is 10.9 Å². The molecule has 2 bridgehead atoms. The van der Waals surface area contributed by atoms with Gasteiger partial charge in [0.25, 0.3) is 0 Å². The van der Waals surface area contributed by atoms with Crippen LogP contribution in [0, 0.1) is 18.3 Å². The third-order valence-electron chi connectivity index (χ3n) is 14.6. The summed E-state index contributed by atoms with van der Waals surface area (Å²) in [6.07, 6.45) is 11.7. The van der Waals surface area contributed by atoms with E-state index >= 15 is 0 Å². The predicted molar refractivity (Wildman–Crippen MR) is 205 cm³/mol. The van der Waals surface area contributed by atoms with E-state index < -0.39 is 27.9 Å². The Balaban J connectivity index is 1.31. The van der Waals surface area contributed by atoms with Gasteiger partial charge in [-0.1, -0.05) is 61.9 Å². The average Bonchev–Trinajstić information content (AvgIpc) is 3.78. The molecule has 8 nitrogen and oxygen atoms in total. The van der Waals surface area contributed by atoms with Crippen LogP contribution in [0.3, 0.4) is 0 Å².